The molecule has 0 amide bonds. The van der Waals surface area contributed by atoms with Crippen molar-refractivity contribution in [3.63, 3.8) is 0 Å². The zero-order valence-electron chi connectivity index (χ0n) is 11.2. The molecule has 4 nitrogen and oxygen atoms in total. The second kappa shape index (κ2) is 6.20. The molecule has 1 aliphatic heterocycles. The Kier molecular flexibility index (Phi) is 4.97. The molecule has 1 aliphatic rings. The van der Waals surface area contributed by atoms with Crippen LogP contribution in [0.15, 0.2) is 23.1 Å². The molecule has 1 fully saturated rings. The van der Waals surface area contributed by atoms with Crippen molar-refractivity contribution in [2.24, 2.45) is 11.7 Å². The Morgan fingerprint density at radius 3 is 2.50 bits per heavy atom. The van der Waals surface area contributed by atoms with Crippen molar-refractivity contribution in [1.82, 2.24) is 4.31 Å². The third kappa shape index (κ3) is 3.12. The van der Waals surface area contributed by atoms with Crippen LogP contribution in [0.4, 0.5) is 0 Å². The third-order valence-electron chi connectivity index (χ3n) is 3.68. The van der Waals surface area contributed by atoms with Gasteiger partial charge in [0.1, 0.15) is 4.90 Å². The van der Waals surface area contributed by atoms with E-state index in [9.17, 15) is 8.42 Å². The van der Waals surface area contributed by atoms with Crippen LogP contribution in [0.25, 0.3) is 0 Å². The Bertz CT molecular complexity index is 570. The molecule has 0 saturated carbocycles. The van der Waals surface area contributed by atoms with Gasteiger partial charge < -0.3 is 5.73 Å². The van der Waals surface area contributed by atoms with E-state index in [1.807, 2.05) is 6.92 Å². The molecule has 0 bridgehead atoms. The number of nitrogens with zero attached hydrogens (tertiary/aromatic N) is 1. The molecule has 0 spiro atoms. The number of sulfonamides is 1. The number of halogens is 2. The third-order valence-corrected chi connectivity index (χ3v) is 6.50. The fourth-order valence-corrected chi connectivity index (χ4v) is 5.11. The smallest absolute Gasteiger partial charge is 0.246 e. The van der Waals surface area contributed by atoms with Crippen LogP contribution in [0.1, 0.15) is 19.8 Å². The highest BCUT2D eigenvalue weighted by Crippen LogP contribution is 2.33. The van der Waals surface area contributed by atoms with E-state index in [1.54, 1.807) is 6.07 Å². The van der Waals surface area contributed by atoms with Crippen molar-refractivity contribution in [2.45, 2.75) is 30.7 Å². The Morgan fingerprint density at radius 2 is 1.95 bits per heavy atom. The lowest BCUT2D eigenvalue weighted by atomic mass is 9.93. The van der Waals surface area contributed by atoms with Gasteiger partial charge in [0.15, 0.2) is 0 Å². The lowest BCUT2D eigenvalue weighted by molar-refractivity contribution is 0.243. The van der Waals surface area contributed by atoms with Gasteiger partial charge in [-0.3, -0.25) is 0 Å². The van der Waals surface area contributed by atoms with Crippen LogP contribution in [0.5, 0.6) is 0 Å². The minimum absolute atomic E-state index is 0.00587. The molecule has 2 rings (SSSR count). The standard InChI is InChI=1S/C13H18Cl2N2O2S/c1-9(16)10-4-3-7-17(8-10)20(18,19)13-11(14)5-2-6-12(13)15/h2,5-6,9-10H,3-4,7-8,16H2,1H3. The largest absolute Gasteiger partial charge is 0.328 e. The summed E-state index contributed by atoms with van der Waals surface area (Å²) in [6.45, 7) is 2.80. The van der Waals surface area contributed by atoms with Crippen LogP contribution in [0.3, 0.4) is 0 Å². The maximum atomic E-state index is 12.7. The summed E-state index contributed by atoms with van der Waals surface area (Å²) in [6.07, 6.45) is 1.74. The quantitative estimate of drug-likeness (QED) is 0.922. The first-order valence-electron chi connectivity index (χ1n) is 6.53. The van der Waals surface area contributed by atoms with Crippen molar-refractivity contribution >= 4 is 33.2 Å². The van der Waals surface area contributed by atoms with Crippen LogP contribution in [-0.2, 0) is 10.0 Å². The molecule has 2 unspecified atom stereocenters. The molecule has 2 N–H and O–H groups in total. The van der Waals surface area contributed by atoms with Gasteiger partial charge in [0.25, 0.3) is 0 Å². The van der Waals surface area contributed by atoms with E-state index < -0.39 is 10.0 Å². The minimum Gasteiger partial charge on any atom is -0.328 e. The molecule has 0 aliphatic carbocycles. The fourth-order valence-electron chi connectivity index (χ4n) is 2.48. The molecule has 1 heterocycles. The predicted molar refractivity (Wildman–Crippen MR) is 81.6 cm³/mol. The molecule has 0 radical (unpaired) electrons. The summed E-state index contributed by atoms with van der Waals surface area (Å²) in [5, 5.41) is 0.306. The summed E-state index contributed by atoms with van der Waals surface area (Å²) in [5.74, 6) is 0.166. The molecule has 1 saturated heterocycles. The second-order valence-corrected chi connectivity index (χ2v) is 7.86. The first-order chi connectivity index (χ1) is 9.34. The highest BCUT2D eigenvalue weighted by molar-refractivity contribution is 7.89. The summed E-state index contributed by atoms with van der Waals surface area (Å²) >= 11 is 12.0. The Morgan fingerprint density at radius 1 is 1.35 bits per heavy atom. The van der Waals surface area contributed by atoms with Crippen molar-refractivity contribution < 1.29 is 8.42 Å². The predicted octanol–water partition coefficient (Wildman–Crippen LogP) is 2.74. The molecular formula is C13H18Cl2N2O2S. The van der Waals surface area contributed by atoms with Gasteiger partial charge in [0.2, 0.25) is 10.0 Å². The van der Waals surface area contributed by atoms with E-state index in [0.29, 0.717) is 13.1 Å². The van der Waals surface area contributed by atoms with Crippen LogP contribution in [-0.4, -0.2) is 31.9 Å². The Labute approximate surface area is 129 Å². The topological polar surface area (TPSA) is 63.4 Å². The summed E-state index contributed by atoms with van der Waals surface area (Å²) in [5.41, 5.74) is 5.90. The van der Waals surface area contributed by atoms with Crippen molar-refractivity contribution in [3.8, 4) is 0 Å². The Hall–Kier alpha value is -0.330. The Balaban J connectivity index is 2.35. The highest BCUT2D eigenvalue weighted by Gasteiger charge is 2.34. The normalized spacial score (nSPS) is 22.7. The van der Waals surface area contributed by atoms with E-state index in [2.05, 4.69) is 0 Å². The van der Waals surface area contributed by atoms with Gasteiger partial charge in [-0.25, -0.2) is 8.42 Å². The van der Waals surface area contributed by atoms with Gasteiger partial charge in [-0.2, -0.15) is 4.31 Å². The van der Waals surface area contributed by atoms with Gasteiger partial charge in [-0.15, -0.1) is 0 Å². The van der Waals surface area contributed by atoms with Crippen LogP contribution in [0.2, 0.25) is 10.0 Å². The van der Waals surface area contributed by atoms with Gasteiger partial charge in [-0.05, 0) is 37.8 Å². The summed E-state index contributed by atoms with van der Waals surface area (Å²) in [6, 6.07) is 4.67. The molecule has 1 aromatic carbocycles. The maximum absolute atomic E-state index is 12.7. The zero-order valence-corrected chi connectivity index (χ0v) is 13.5. The summed E-state index contributed by atoms with van der Waals surface area (Å²) in [7, 11) is -3.68. The van der Waals surface area contributed by atoms with E-state index in [0.717, 1.165) is 12.8 Å². The molecule has 7 heteroatoms. The van der Waals surface area contributed by atoms with E-state index in [1.165, 1.54) is 16.4 Å². The molecule has 1 aromatic rings. The zero-order chi connectivity index (χ0) is 14.9. The molecule has 20 heavy (non-hydrogen) atoms. The minimum atomic E-state index is -3.68. The van der Waals surface area contributed by atoms with E-state index in [-0.39, 0.29) is 26.9 Å². The number of benzene rings is 1. The summed E-state index contributed by atoms with van der Waals surface area (Å²) in [4.78, 5) is -0.00587. The van der Waals surface area contributed by atoms with Gasteiger partial charge in [0, 0.05) is 19.1 Å². The monoisotopic (exact) mass is 336 g/mol. The lowest BCUT2D eigenvalue weighted by Crippen LogP contribution is -2.45. The van der Waals surface area contributed by atoms with Crippen LogP contribution < -0.4 is 5.73 Å². The average molecular weight is 337 g/mol. The average Bonchev–Trinajstić information content (AvgIpc) is 2.38. The van der Waals surface area contributed by atoms with Crippen LogP contribution in [0, 0.1) is 5.92 Å². The van der Waals surface area contributed by atoms with Gasteiger partial charge in [0.05, 0.1) is 10.0 Å². The number of rotatable bonds is 3. The van der Waals surface area contributed by atoms with Crippen molar-refractivity contribution in [2.75, 3.05) is 13.1 Å². The van der Waals surface area contributed by atoms with E-state index >= 15 is 0 Å². The molecule has 0 aromatic heterocycles. The van der Waals surface area contributed by atoms with Gasteiger partial charge in [-0.1, -0.05) is 29.3 Å². The van der Waals surface area contributed by atoms with Crippen molar-refractivity contribution in [1.29, 1.82) is 0 Å². The number of piperidine rings is 1. The molecule has 2 atom stereocenters. The first-order valence-corrected chi connectivity index (χ1v) is 8.73. The molecular weight excluding hydrogens is 319 g/mol. The number of hydrogen-bond acceptors (Lipinski definition) is 3. The first kappa shape index (κ1) is 16.0. The number of nitrogens with two attached hydrogens (primary N) is 1. The highest BCUT2D eigenvalue weighted by atomic mass is 35.5. The maximum Gasteiger partial charge on any atom is 0.246 e. The number of hydrogen-bond donors (Lipinski definition) is 1. The molecule has 112 valence electrons. The van der Waals surface area contributed by atoms with Gasteiger partial charge >= 0.3 is 0 Å². The van der Waals surface area contributed by atoms with Crippen molar-refractivity contribution in [3.05, 3.63) is 28.2 Å². The lowest BCUT2D eigenvalue weighted by Gasteiger charge is -2.34. The SMILES string of the molecule is CC(N)C1CCCN(S(=O)(=O)c2c(Cl)cccc2Cl)C1. The van der Waals surface area contributed by atoms with Crippen LogP contribution >= 0.6 is 23.2 Å². The second-order valence-electron chi connectivity index (χ2n) is 5.18. The summed E-state index contributed by atoms with van der Waals surface area (Å²) < 4.78 is 26.9. The van der Waals surface area contributed by atoms with E-state index in [4.69, 9.17) is 28.9 Å². The fraction of sp³-hybridized carbons (Fsp3) is 0.538.